The van der Waals surface area contributed by atoms with Crippen LogP contribution in [-0.4, -0.2) is 43.1 Å². The number of ketones is 1. The monoisotopic (exact) mass is 480 g/mol. The number of rotatable bonds is 6. The van der Waals surface area contributed by atoms with E-state index in [1.165, 1.54) is 37.6 Å². The van der Waals surface area contributed by atoms with Crippen molar-refractivity contribution >= 4 is 33.9 Å². The quantitative estimate of drug-likeness (QED) is 0.317. The van der Waals surface area contributed by atoms with E-state index in [0.29, 0.717) is 33.5 Å². The molecular weight excluding hydrogens is 456 g/mol. The number of benzene rings is 2. The molecule has 2 aromatic carbocycles. The molecular formula is C25H24N2O6S. The van der Waals surface area contributed by atoms with Crippen LogP contribution in [0.2, 0.25) is 0 Å². The van der Waals surface area contributed by atoms with Gasteiger partial charge in [0, 0.05) is 10.4 Å². The summed E-state index contributed by atoms with van der Waals surface area (Å²) in [7, 11) is 4.56. The number of anilines is 1. The van der Waals surface area contributed by atoms with Gasteiger partial charge in [-0.05, 0) is 55.8 Å². The van der Waals surface area contributed by atoms with E-state index in [9.17, 15) is 14.7 Å². The second kappa shape index (κ2) is 9.18. The molecule has 0 spiro atoms. The van der Waals surface area contributed by atoms with Crippen molar-refractivity contribution in [2.75, 3.05) is 26.2 Å². The zero-order valence-corrected chi connectivity index (χ0v) is 20.2. The fraction of sp³-hybridized carbons (Fsp3) is 0.240. The summed E-state index contributed by atoms with van der Waals surface area (Å²) in [6.07, 6.45) is 0. The smallest absolute Gasteiger partial charge is 0.301 e. The topological polar surface area (TPSA) is 98.2 Å². The second-order valence-corrected chi connectivity index (χ2v) is 8.83. The summed E-state index contributed by atoms with van der Waals surface area (Å²) in [5.41, 5.74) is 1.68. The summed E-state index contributed by atoms with van der Waals surface area (Å²) in [5.74, 6) is -0.307. The van der Waals surface area contributed by atoms with E-state index in [1.54, 1.807) is 42.5 Å². The molecule has 0 radical (unpaired) electrons. The van der Waals surface area contributed by atoms with Gasteiger partial charge in [0.2, 0.25) is 0 Å². The molecule has 0 saturated carbocycles. The molecule has 1 aliphatic heterocycles. The van der Waals surface area contributed by atoms with Gasteiger partial charge < -0.3 is 19.3 Å². The lowest BCUT2D eigenvalue weighted by atomic mass is 9.95. The molecule has 8 nitrogen and oxygen atoms in total. The number of ether oxygens (including phenoxy) is 3. The highest BCUT2D eigenvalue weighted by molar-refractivity contribution is 7.16. The van der Waals surface area contributed by atoms with Gasteiger partial charge in [-0.25, -0.2) is 4.98 Å². The molecule has 4 rings (SSSR count). The molecule has 1 aromatic heterocycles. The lowest BCUT2D eigenvalue weighted by Gasteiger charge is -2.23. The zero-order valence-electron chi connectivity index (χ0n) is 19.4. The first kappa shape index (κ1) is 23.3. The van der Waals surface area contributed by atoms with Crippen molar-refractivity contribution in [3.8, 4) is 17.2 Å². The number of aryl methyl sites for hydroxylation is 2. The first-order chi connectivity index (χ1) is 16.3. The first-order valence-electron chi connectivity index (χ1n) is 10.4. The maximum Gasteiger partial charge on any atom is 0.301 e. The van der Waals surface area contributed by atoms with Crippen LogP contribution in [0.25, 0.3) is 5.76 Å². The molecule has 0 aliphatic carbocycles. The maximum atomic E-state index is 13.3. The molecule has 1 aliphatic rings. The normalized spacial score (nSPS) is 17.2. The minimum absolute atomic E-state index is 0.0344. The van der Waals surface area contributed by atoms with Crippen LogP contribution in [0.1, 0.15) is 27.7 Å². The third kappa shape index (κ3) is 3.88. The van der Waals surface area contributed by atoms with Crippen LogP contribution in [0.5, 0.6) is 17.2 Å². The average Bonchev–Trinajstić information content (AvgIpc) is 3.32. The lowest BCUT2D eigenvalue weighted by molar-refractivity contribution is -0.132. The van der Waals surface area contributed by atoms with Crippen LogP contribution in [0.15, 0.2) is 48.0 Å². The highest BCUT2D eigenvalue weighted by atomic mass is 32.1. The molecule has 176 valence electrons. The number of aliphatic hydroxyl groups excluding tert-OH is 1. The Labute approximate surface area is 201 Å². The summed E-state index contributed by atoms with van der Waals surface area (Å²) in [6, 6.07) is 10.8. The third-order valence-corrected chi connectivity index (χ3v) is 6.83. The zero-order chi connectivity index (χ0) is 24.6. The van der Waals surface area contributed by atoms with Crippen molar-refractivity contribution in [2.24, 2.45) is 0 Å². The Balaban J connectivity index is 1.95. The first-order valence-corrected chi connectivity index (χ1v) is 11.2. The van der Waals surface area contributed by atoms with Gasteiger partial charge in [0.1, 0.15) is 11.5 Å². The second-order valence-electron chi connectivity index (χ2n) is 7.65. The number of hydrogen-bond acceptors (Lipinski definition) is 8. The van der Waals surface area contributed by atoms with Crippen molar-refractivity contribution in [2.45, 2.75) is 19.9 Å². The van der Waals surface area contributed by atoms with Gasteiger partial charge in [-0.15, -0.1) is 11.3 Å². The molecule has 1 atom stereocenters. The minimum atomic E-state index is -0.910. The molecule has 1 fully saturated rings. The number of methoxy groups -OCH3 is 3. The Morgan fingerprint density at radius 3 is 2.21 bits per heavy atom. The Kier molecular flexibility index (Phi) is 6.30. The Morgan fingerprint density at radius 2 is 1.65 bits per heavy atom. The molecule has 2 heterocycles. The molecule has 34 heavy (non-hydrogen) atoms. The molecule has 9 heteroatoms. The van der Waals surface area contributed by atoms with Crippen LogP contribution in [0, 0.1) is 13.8 Å². The number of aromatic nitrogens is 1. The van der Waals surface area contributed by atoms with Crippen LogP contribution >= 0.6 is 11.3 Å². The van der Waals surface area contributed by atoms with Gasteiger partial charge in [-0.1, -0.05) is 6.07 Å². The van der Waals surface area contributed by atoms with Crippen molar-refractivity contribution in [1.82, 2.24) is 4.98 Å². The van der Waals surface area contributed by atoms with Gasteiger partial charge in [0.15, 0.2) is 16.6 Å². The van der Waals surface area contributed by atoms with Crippen LogP contribution in [0.4, 0.5) is 5.13 Å². The highest BCUT2D eigenvalue weighted by Crippen LogP contribution is 2.45. The Morgan fingerprint density at radius 1 is 0.971 bits per heavy atom. The number of aliphatic hydroxyl groups is 1. The third-order valence-electron chi connectivity index (χ3n) is 5.75. The molecule has 0 bridgehead atoms. The van der Waals surface area contributed by atoms with E-state index < -0.39 is 17.7 Å². The van der Waals surface area contributed by atoms with Crippen molar-refractivity contribution in [3.63, 3.8) is 0 Å². The van der Waals surface area contributed by atoms with Gasteiger partial charge in [-0.2, -0.15) is 0 Å². The van der Waals surface area contributed by atoms with Crippen LogP contribution in [-0.2, 0) is 9.59 Å². The van der Waals surface area contributed by atoms with E-state index in [1.807, 2.05) is 13.8 Å². The van der Waals surface area contributed by atoms with E-state index in [4.69, 9.17) is 14.2 Å². The highest BCUT2D eigenvalue weighted by Gasteiger charge is 2.48. The minimum Gasteiger partial charge on any atom is -0.507 e. The van der Waals surface area contributed by atoms with Gasteiger partial charge in [-0.3, -0.25) is 14.5 Å². The molecule has 1 unspecified atom stereocenters. The van der Waals surface area contributed by atoms with E-state index in [-0.39, 0.29) is 11.3 Å². The molecule has 1 amide bonds. The Hall–Kier alpha value is -3.85. The number of nitrogens with zero attached hydrogens (tertiary/aromatic N) is 2. The van der Waals surface area contributed by atoms with Crippen molar-refractivity contribution in [3.05, 3.63) is 69.7 Å². The molecule has 3 aromatic rings. The average molecular weight is 481 g/mol. The number of thiazole rings is 1. The van der Waals surface area contributed by atoms with Crippen molar-refractivity contribution < 1.29 is 28.9 Å². The van der Waals surface area contributed by atoms with Crippen LogP contribution < -0.4 is 19.1 Å². The van der Waals surface area contributed by atoms with E-state index >= 15 is 0 Å². The summed E-state index contributed by atoms with van der Waals surface area (Å²) in [5, 5.41) is 11.6. The number of Topliss-reactive ketones (excluding diaryl/α,β-unsaturated/α-hetero) is 1. The number of carbonyl (C=O) groups is 2. The largest absolute Gasteiger partial charge is 0.507 e. The molecule has 1 N–H and O–H groups in total. The van der Waals surface area contributed by atoms with E-state index in [0.717, 1.165) is 10.6 Å². The standard InChI is InChI=1S/C25H24N2O6S/c1-13-14(2)34-25(26-13)27-21(16-8-11-18(32-4)19(12-16)33-5)20(23(29)24(27)30)22(28)15-6-9-17(31-3)10-7-15/h6-12,21,28H,1-5H3. The predicted molar refractivity (Wildman–Crippen MR) is 129 cm³/mol. The summed E-state index contributed by atoms with van der Waals surface area (Å²) >= 11 is 1.31. The van der Waals surface area contributed by atoms with Gasteiger partial charge in [0.25, 0.3) is 5.78 Å². The van der Waals surface area contributed by atoms with Crippen molar-refractivity contribution in [1.29, 1.82) is 0 Å². The number of hydrogen-bond donors (Lipinski definition) is 1. The van der Waals surface area contributed by atoms with Gasteiger partial charge in [0.05, 0.1) is 38.6 Å². The lowest BCUT2D eigenvalue weighted by Crippen LogP contribution is -2.29. The summed E-state index contributed by atoms with van der Waals surface area (Å²) in [6.45, 7) is 3.74. The molecule has 1 saturated heterocycles. The summed E-state index contributed by atoms with van der Waals surface area (Å²) < 4.78 is 16.0. The maximum absolute atomic E-state index is 13.3. The number of amides is 1. The fourth-order valence-corrected chi connectivity index (χ4v) is 4.77. The SMILES string of the molecule is COc1ccc(C(O)=C2C(=O)C(=O)N(c3nc(C)c(C)s3)C2c2ccc(OC)c(OC)c2)cc1. The Bertz CT molecular complexity index is 1280. The fourth-order valence-electron chi connectivity index (χ4n) is 3.83. The van der Waals surface area contributed by atoms with E-state index in [2.05, 4.69) is 4.98 Å². The van der Waals surface area contributed by atoms with Gasteiger partial charge >= 0.3 is 5.91 Å². The summed E-state index contributed by atoms with van der Waals surface area (Å²) in [4.78, 5) is 33.3. The van der Waals surface area contributed by atoms with Crippen LogP contribution in [0.3, 0.4) is 0 Å². The predicted octanol–water partition coefficient (Wildman–Crippen LogP) is 4.41. The number of carbonyl (C=O) groups excluding carboxylic acids is 2.